The molecule has 3 saturated carbocycles. The third kappa shape index (κ3) is 5.16. The van der Waals surface area contributed by atoms with Crippen LogP contribution < -0.4 is 0 Å². The minimum Gasteiger partial charge on any atom is -0.393 e. The van der Waals surface area contributed by atoms with Crippen LogP contribution in [0, 0.1) is 23.2 Å². The highest BCUT2D eigenvalue weighted by molar-refractivity contribution is 7.94. The quantitative estimate of drug-likeness (QED) is 0.411. The molecular weight excluding hydrogens is 447 g/mol. The minimum absolute atomic E-state index is 0.103. The van der Waals surface area contributed by atoms with Crippen LogP contribution in [0.5, 0.6) is 0 Å². The molecule has 0 saturated heterocycles. The molecule has 0 aliphatic heterocycles. The highest BCUT2D eigenvalue weighted by atomic mass is 32.2. The Hall–Kier alpha value is -1.20. The zero-order chi connectivity index (χ0) is 25.5. The summed E-state index contributed by atoms with van der Waals surface area (Å²) >= 11 is 0. The molecule has 3 rings (SSSR count). The van der Waals surface area contributed by atoms with E-state index >= 15 is 4.39 Å². The van der Waals surface area contributed by atoms with Crippen molar-refractivity contribution in [2.75, 3.05) is 0 Å². The van der Waals surface area contributed by atoms with Gasteiger partial charge in [-0.1, -0.05) is 49.8 Å². The fraction of sp³-hybridized carbons (Fsp3) is 0.724. The van der Waals surface area contributed by atoms with E-state index in [0.717, 1.165) is 50.5 Å². The maximum atomic E-state index is 15.3. The van der Waals surface area contributed by atoms with Gasteiger partial charge in [0.1, 0.15) is 0 Å². The lowest BCUT2D eigenvalue weighted by atomic mass is 9.61. The second-order valence-electron chi connectivity index (χ2n) is 12.3. The largest absolute Gasteiger partial charge is 0.393 e. The van der Waals surface area contributed by atoms with Gasteiger partial charge in [-0.3, -0.25) is 0 Å². The fourth-order valence-corrected chi connectivity index (χ4v) is 8.14. The summed E-state index contributed by atoms with van der Waals surface area (Å²) in [6.45, 7) is 14.5. The molecule has 0 spiro atoms. The number of rotatable bonds is 5. The average molecular weight is 493 g/mol. The van der Waals surface area contributed by atoms with E-state index in [1.54, 1.807) is 20.8 Å². The van der Waals surface area contributed by atoms with Gasteiger partial charge in [0.15, 0.2) is 9.84 Å². The van der Waals surface area contributed by atoms with Gasteiger partial charge in [-0.15, -0.1) is 0 Å². The standard InChI is InChI=1S/C29H45FO3S/c1-20-10-13-24(31)19-23(20)12-11-22-9-8-17-28(6)25(14-15-26(22)28)21(2)16-18-29(7,30)34(32,33)27(3,4)5/h11-12,16,18,21,24-26,31H,1,8-10,13-15,17,19H2,2-7H3/b18-16+,22-11+,23-12-/t21-,24+,25?,26+,28-,29+/m1/s1. The Morgan fingerprint density at radius 2 is 1.82 bits per heavy atom. The second-order valence-corrected chi connectivity index (χ2v) is 15.4. The van der Waals surface area contributed by atoms with Gasteiger partial charge in [0.05, 0.1) is 10.9 Å². The molecule has 0 bridgehead atoms. The van der Waals surface area contributed by atoms with Crippen molar-refractivity contribution in [2.45, 2.75) is 109 Å². The third-order valence-corrected chi connectivity index (χ3v) is 11.7. The van der Waals surface area contributed by atoms with Crippen LogP contribution in [-0.4, -0.2) is 29.4 Å². The summed E-state index contributed by atoms with van der Waals surface area (Å²) in [5.74, 6) is 0.992. The number of halogens is 1. The van der Waals surface area contributed by atoms with Crippen LogP contribution in [0.1, 0.15) is 92.9 Å². The van der Waals surface area contributed by atoms with Gasteiger partial charge in [-0.25, -0.2) is 12.8 Å². The number of hydrogen-bond acceptors (Lipinski definition) is 3. The highest BCUT2D eigenvalue weighted by Gasteiger charge is 2.51. The summed E-state index contributed by atoms with van der Waals surface area (Å²) in [4.78, 5) is 0. The predicted molar refractivity (Wildman–Crippen MR) is 140 cm³/mol. The Labute approximate surface area is 207 Å². The highest BCUT2D eigenvalue weighted by Crippen LogP contribution is 2.59. The van der Waals surface area contributed by atoms with Crippen molar-refractivity contribution in [3.63, 3.8) is 0 Å². The zero-order valence-electron chi connectivity index (χ0n) is 22.0. The van der Waals surface area contributed by atoms with Crippen LogP contribution >= 0.6 is 0 Å². The number of fused-ring (bicyclic) bond motifs is 1. The number of sulfone groups is 1. The van der Waals surface area contributed by atoms with E-state index in [-0.39, 0.29) is 17.4 Å². The topological polar surface area (TPSA) is 54.4 Å². The Bertz CT molecular complexity index is 979. The first-order chi connectivity index (χ1) is 15.6. The molecule has 3 aliphatic carbocycles. The van der Waals surface area contributed by atoms with Crippen LogP contribution in [-0.2, 0) is 9.84 Å². The van der Waals surface area contributed by atoms with E-state index in [4.69, 9.17) is 0 Å². The Balaban J connectivity index is 1.79. The monoisotopic (exact) mass is 492 g/mol. The Morgan fingerprint density at radius 1 is 1.15 bits per heavy atom. The van der Waals surface area contributed by atoms with Crippen LogP contribution in [0.3, 0.4) is 0 Å². The molecule has 0 heterocycles. The van der Waals surface area contributed by atoms with Crippen molar-refractivity contribution in [1.82, 2.24) is 0 Å². The molecule has 3 nitrogen and oxygen atoms in total. The van der Waals surface area contributed by atoms with E-state index in [9.17, 15) is 13.5 Å². The van der Waals surface area contributed by atoms with Gasteiger partial charge in [0.25, 0.3) is 0 Å². The number of aliphatic hydroxyl groups is 1. The molecule has 0 radical (unpaired) electrons. The van der Waals surface area contributed by atoms with Gasteiger partial charge in [-0.2, -0.15) is 0 Å². The molecule has 3 aliphatic rings. The molecule has 3 fully saturated rings. The number of aliphatic hydroxyl groups excluding tert-OH is 1. The predicted octanol–water partition coefficient (Wildman–Crippen LogP) is 7.25. The maximum absolute atomic E-state index is 15.3. The first-order valence-electron chi connectivity index (χ1n) is 13.0. The molecule has 1 unspecified atom stereocenters. The molecule has 6 atom stereocenters. The first kappa shape index (κ1) is 27.4. The van der Waals surface area contributed by atoms with E-state index in [1.807, 2.05) is 6.08 Å². The van der Waals surface area contributed by atoms with E-state index in [2.05, 4.69) is 32.6 Å². The molecule has 1 N–H and O–H groups in total. The van der Waals surface area contributed by atoms with Crippen molar-refractivity contribution in [3.05, 3.63) is 47.6 Å². The van der Waals surface area contributed by atoms with Gasteiger partial charge < -0.3 is 5.11 Å². The lowest BCUT2D eigenvalue weighted by Crippen LogP contribution is -2.42. The summed E-state index contributed by atoms with van der Waals surface area (Å²) in [6.07, 6.45) is 15.2. The summed E-state index contributed by atoms with van der Waals surface area (Å²) in [5.41, 5.74) is 3.93. The number of hydrogen-bond donors (Lipinski definition) is 1. The van der Waals surface area contributed by atoms with Crippen molar-refractivity contribution < 1.29 is 17.9 Å². The average Bonchev–Trinajstić information content (AvgIpc) is 3.09. The molecule has 0 aromatic rings. The van der Waals surface area contributed by atoms with E-state index in [0.29, 0.717) is 18.3 Å². The van der Waals surface area contributed by atoms with Crippen molar-refractivity contribution in [1.29, 1.82) is 0 Å². The third-order valence-electron chi connectivity index (χ3n) is 8.89. The normalized spacial score (nSPS) is 36.1. The van der Waals surface area contributed by atoms with Gasteiger partial charge in [0.2, 0.25) is 5.00 Å². The summed E-state index contributed by atoms with van der Waals surface area (Å²) < 4.78 is 39.6. The van der Waals surface area contributed by atoms with Crippen molar-refractivity contribution >= 4 is 9.84 Å². The van der Waals surface area contributed by atoms with Crippen LogP contribution in [0.15, 0.2) is 47.6 Å². The number of alkyl halides is 1. The summed E-state index contributed by atoms with van der Waals surface area (Å²) in [5, 5.41) is 7.67. The Kier molecular flexibility index (Phi) is 7.80. The zero-order valence-corrected chi connectivity index (χ0v) is 22.8. The van der Waals surface area contributed by atoms with Crippen LogP contribution in [0.2, 0.25) is 0 Å². The smallest absolute Gasteiger partial charge is 0.226 e. The lowest BCUT2D eigenvalue weighted by Gasteiger charge is -2.44. The molecule has 0 amide bonds. The van der Waals surface area contributed by atoms with Crippen LogP contribution in [0.4, 0.5) is 4.39 Å². The minimum atomic E-state index is -3.96. The molecule has 0 aromatic heterocycles. The lowest BCUT2D eigenvalue weighted by molar-refractivity contribution is 0.112. The SMILES string of the molecule is C=C1CC[C@H](O)C/C1=C/C=C1\CCC[C@]2(C)C([C@H](C)/C=C/[C@@](C)(F)S(=O)(=O)C(C)(C)C)CC[C@@H]12. The van der Waals surface area contributed by atoms with Gasteiger partial charge >= 0.3 is 0 Å². The molecular formula is C29H45FO3S. The first-order valence-corrected chi connectivity index (χ1v) is 14.5. The molecule has 5 heteroatoms. The van der Waals surface area contributed by atoms with Crippen molar-refractivity contribution in [2.24, 2.45) is 23.2 Å². The second kappa shape index (κ2) is 9.69. The van der Waals surface area contributed by atoms with E-state index < -0.39 is 19.6 Å². The van der Waals surface area contributed by atoms with Crippen molar-refractivity contribution in [3.8, 4) is 0 Å². The molecule has 34 heavy (non-hydrogen) atoms. The number of allylic oxidation sites excluding steroid dienone is 5. The maximum Gasteiger partial charge on any atom is 0.226 e. The van der Waals surface area contributed by atoms with Crippen LogP contribution in [0.25, 0.3) is 0 Å². The molecule has 192 valence electrons. The van der Waals surface area contributed by atoms with E-state index in [1.165, 1.54) is 24.1 Å². The van der Waals surface area contributed by atoms with Gasteiger partial charge in [0, 0.05) is 0 Å². The fourth-order valence-electron chi connectivity index (χ4n) is 6.68. The van der Waals surface area contributed by atoms with Gasteiger partial charge in [-0.05, 0) is 114 Å². The summed E-state index contributed by atoms with van der Waals surface area (Å²) in [6, 6.07) is 0. The summed E-state index contributed by atoms with van der Waals surface area (Å²) in [7, 11) is -3.96. The Morgan fingerprint density at radius 3 is 2.47 bits per heavy atom. The molecule has 0 aromatic carbocycles.